The number of aromatic nitrogens is 2. The van der Waals surface area contributed by atoms with Gasteiger partial charge in [0.25, 0.3) is 0 Å². The number of pyridine rings is 2. The standard InChI is InChI=1S/C27H26N4O/c1-19(20-9-4-2-5-10-20)17-30-27-23(25(26(28)32)22-13-8-16-29-18-22)14-15-24(31-27)21-11-6-3-7-12-21/h2-16,18-19,25H,17H2,1H3,(H2,28,32)(H,30,31)/t19-,25?/m0/s1. The Morgan fingerprint density at radius 2 is 1.59 bits per heavy atom. The SMILES string of the molecule is C[C@@H](CNc1nc(-c2ccccc2)ccc1C(C(N)=O)c1cccnc1)c1ccccc1. The molecule has 0 bridgehead atoms. The summed E-state index contributed by atoms with van der Waals surface area (Å²) < 4.78 is 0. The van der Waals surface area contributed by atoms with Gasteiger partial charge in [-0.3, -0.25) is 9.78 Å². The van der Waals surface area contributed by atoms with Crippen LogP contribution in [0.3, 0.4) is 0 Å². The van der Waals surface area contributed by atoms with Gasteiger partial charge in [0.15, 0.2) is 0 Å². The highest BCUT2D eigenvalue weighted by Gasteiger charge is 2.25. The molecule has 0 fully saturated rings. The highest BCUT2D eigenvalue weighted by Crippen LogP contribution is 2.32. The normalized spacial score (nSPS) is 12.7. The Bertz CT molecular complexity index is 1160. The minimum absolute atomic E-state index is 0.261. The van der Waals surface area contributed by atoms with Crippen molar-refractivity contribution < 1.29 is 4.79 Å². The number of rotatable bonds is 8. The molecule has 1 amide bonds. The van der Waals surface area contributed by atoms with Crippen LogP contribution in [0.1, 0.15) is 35.4 Å². The molecule has 2 atom stereocenters. The van der Waals surface area contributed by atoms with Gasteiger partial charge in [-0.25, -0.2) is 4.98 Å². The number of nitrogens with zero attached hydrogens (tertiary/aromatic N) is 2. The molecule has 5 heteroatoms. The van der Waals surface area contributed by atoms with Gasteiger partial charge in [0.1, 0.15) is 5.82 Å². The molecule has 4 aromatic rings. The molecule has 0 saturated heterocycles. The van der Waals surface area contributed by atoms with Gasteiger partial charge in [-0.1, -0.05) is 79.7 Å². The van der Waals surface area contributed by atoms with Crippen molar-refractivity contribution in [1.29, 1.82) is 0 Å². The topological polar surface area (TPSA) is 80.9 Å². The number of benzene rings is 2. The summed E-state index contributed by atoms with van der Waals surface area (Å²) in [5, 5.41) is 3.49. The largest absolute Gasteiger partial charge is 0.369 e. The van der Waals surface area contributed by atoms with Crippen molar-refractivity contribution in [2.75, 3.05) is 11.9 Å². The average molecular weight is 423 g/mol. The second-order valence-electron chi connectivity index (χ2n) is 7.81. The number of nitrogens with one attached hydrogen (secondary N) is 1. The smallest absolute Gasteiger partial charge is 0.229 e. The van der Waals surface area contributed by atoms with Crippen molar-refractivity contribution in [3.8, 4) is 11.3 Å². The molecule has 2 aromatic carbocycles. The van der Waals surface area contributed by atoms with E-state index in [1.165, 1.54) is 5.56 Å². The molecule has 4 rings (SSSR count). The van der Waals surface area contributed by atoms with Crippen LogP contribution in [0.2, 0.25) is 0 Å². The van der Waals surface area contributed by atoms with Gasteiger partial charge >= 0.3 is 0 Å². The van der Waals surface area contributed by atoms with Gasteiger partial charge in [0.05, 0.1) is 11.6 Å². The van der Waals surface area contributed by atoms with E-state index in [9.17, 15) is 4.79 Å². The molecule has 2 heterocycles. The van der Waals surface area contributed by atoms with Crippen molar-refractivity contribution in [3.63, 3.8) is 0 Å². The Kier molecular flexibility index (Phi) is 6.56. The Labute approximate surface area is 188 Å². The number of nitrogens with two attached hydrogens (primary N) is 1. The Hall–Kier alpha value is -3.99. The summed E-state index contributed by atoms with van der Waals surface area (Å²) in [7, 11) is 0. The van der Waals surface area contributed by atoms with Gasteiger partial charge in [0.2, 0.25) is 5.91 Å². The van der Waals surface area contributed by atoms with Crippen molar-refractivity contribution in [3.05, 3.63) is 114 Å². The van der Waals surface area contributed by atoms with Crippen molar-refractivity contribution >= 4 is 11.7 Å². The van der Waals surface area contributed by atoms with Crippen LogP contribution in [0.25, 0.3) is 11.3 Å². The second kappa shape index (κ2) is 9.88. The van der Waals surface area contributed by atoms with Gasteiger partial charge in [-0.2, -0.15) is 0 Å². The fourth-order valence-electron chi connectivity index (χ4n) is 3.81. The first-order valence-corrected chi connectivity index (χ1v) is 10.7. The van der Waals surface area contributed by atoms with E-state index in [0.717, 1.165) is 22.4 Å². The maximum Gasteiger partial charge on any atom is 0.229 e. The number of carbonyl (C=O) groups is 1. The number of hydrogen-bond acceptors (Lipinski definition) is 4. The summed E-state index contributed by atoms with van der Waals surface area (Å²) in [5.41, 5.74) is 10.4. The lowest BCUT2D eigenvalue weighted by Gasteiger charge is -2.21. The zero-order valence-corrected chi connectivity index (χ0v) is 18.0. The van der Waals surface area contributed by atoms with E-state index < -0.39 is 11.8 Å². The first-order valence-electron chi connectivity index (χ1n) is 10.7. The molecule has 32 heavy (non-hydrogen) atoms. The maximum absolute atomic E-state index is 12.5. The lowest BCUT2D eigenvalue weighted by molar-refractivity contribution is -0.118. The van der Waals surface area contributed by atoms with Gasteiger partial charge in [-0.05, 0) is 29.2 Å². The van der Waals surface area contributed by atoms with E-state index in [0.29, 0.717) is 12.4 Å². The molecular weight excluding hydrogens is 396 g/mol. The molecule has 5 nitrogen and oxygen atoms in total. The maximum atomic E-state index is 12.5. The number of amides is 1. The summed E-state index contributed by atoms with van der Waals surface area (Å²) in [4.78, 5) is 21.6. The molecule has 160 valence electrons. The third kappa shape index (κ3) is 4.83. The van der Waals surface area contributed by atoms with Crippen molar-refractivity contribution in [2.45, 2.75) is 18.8 Å². The number of carbonyl (C=O) groups excluding carboxylic acids is 1. The molecular formula is C27H26N4O. The number of anilines is 1. The summed E-state index contributed by atoms with van der Waals surface area (Å²) in [6, 6.07) is 27.8. The molecule has 2 aromatic heterocycles. The molecule has 3 N–H and O–H groups in total. The summed E-state index contributed by atoms with van der Waals surface area (Å²) >= 11 is 0. The minimum Gasteiger partial charge on any atom is -0.369 e. The van der Waals surface area contributed by atoms with E-state index in [1.54, 1.807) is 12.4 Å². The number of primary amides is 1. The summed E-state index contributed by atoms with van der Waals surface area (Å²) in [5.74, 6) is -0.166. The monoisotopic (exact) mass is 422 g/mol. The van der Waals surface area contributed by atoms with Crippen LogP contribution in [0.15, 0.2) is 97.3 Å². The second-order valence-corrected chi connectivity index (χ2v) is 7.81. The lowest BCUT2D eigenvalue weighted by Crippen LogP contribution is -2.24. The molecule has 0 aliphatic rings. The number of hydrogen-bond donors (Lipinski definition) is 2. The predicted octanol–water partition coefficient (Wildman–Crippen LogP) is 4.98. The molecule has 0 aliphatic heterocycles. The van der Waals surface area contributed by atoms with E-state index >= 15 is 0 Å². The first-order chi connectivity index (χ1) is 15.6. The van der Waals surface area contributed by atoms with E-state index in [2.05, 4.69) is 29.4 Å². The van der Waals surface area contributed by atoms with Crippen LogP contribution in [-0.4, -0.2) is 22.4 Å². The van der Waals surface area contributed by atoms with Crippen molar-refractivity contribution in [1.82, 2.24) is 9.97 Å². The van der Waals surface area contributed by atoms with E-state index in [-0.39, 0.29) is 5.92 Å². The zero-order valence-electron chi connectivity index (χ0n) is 18.0. The van der Waals surface area contributed by atoms with E-state index in [4.69, 9.17) is 10.7 Å². The first kappa shape index (κ1) is 21.2. The van der Waals surface area contributed by atoms with E-state index in [1.807, 2.05) is 72.8 Å². The van der Waals surface area contributed by atoms with Crippen LogP contribution < -0.4 is 11.1 Å². The minimum atomic E-state index is -0.643. The molecule has 0 saturated carbocycles. The van der Waals surface area contributed by atoms with Crippen LogP contribution >= 0.6 is 0 Å². The van der Waals surface area contributed by atoms with Crippen LogP contribution in [-0.2, 0) is 4.79 Å². The summed E-state index contributed by atoms with van der Waals surface area (Å²) in [6.07, 6.45) is 3.36. The zero-order chi connectivity index (χ0) is 22.3. The molecule has 0 spiro atoms. The fourth-order valence-corrected chi connectivity index (χ4v) is 3.81. The van der Waals surface area contributed by atoms with Gasteiger partial charge in [0, 0.05) is 30.1 Å². The highest BCUT2D eigenvalue weighted by molar-refractivity contribution is 5.87. The van der Waals surface area contributed by atoms with Crippen LogP contribution in [0, 0.1) is 0 Å². The Morgan fingerprint density at radius 3 is 2.25 bits per heavy atom. The van der Waals surface area contributed by atoms with Gasteiger partial charge in [-0.15, -0.1) is 0 Å². The lowest BCUT2D eigenvalue weighted by atomic mass is 9.91. The Morgan fingerprint density at radius 1 is 0.906 bits per heavy atom. The van der Waals surface area contributed by atoms with Crippen molar-refractivity contribution in [2.24, 2.45) is 5.73 Å². The quantitative estimate of drug-likeness (QED) is 0.420. The highest BCUT2D eigenvalue weighted by atomic mass is 16.1. The average Bonchev–Trinajstić information content (AvgIpc) is 2.85. The third-order valence-electron chi connectivity index (χ3n) is 5.55. The Balaban J connectivity index is 1.72. The van der Waals surface area contributed by atoms with Gasteiger partial charge < -0.3 is 11.1 Å². The molecule has 1 unspecified atom stereocenters. The summed E-state index contributed by atoms with van der Waals surface area (Å²) in [6.45, 7) is 2.83. The molecule has 0 aliphatic carbocycles. The fraction of sp³-hybridized carbons (Fsp3) is 0.148. The predicted molar refractivity (Wildman–Crippen MR) is 128 cm³/mol. The van der Waals surface area contributed by atoms with Crippen LogP contribution in [0.4, 0.5) is 5.82 Å². The molecule has 0 radical (unpaired) electrons. The van der Waals surface area contributed by atoms with Crippen LogP contribution in [0.5, 0.6) is 0 Å². The third-order valence-corrected chi connectivity index (χ3v) is 5.55.